The number of carbonyl (C=O) groups excluding carboxylic acids is 1. The van der Waals surface area contributed by atoms with Gasteiger partial charge in [0, 0.05) is 6.92 Å². The summed E-state index contributed by atoms with van der Waals surface area (Å²) in [6.45, 7) is 0.0323. The Balaban J connectivity index is 0. The zero-order chi connectivity index (χ0) is 16.4. The van der Waals surface area contributed by atoms with Crippen LogP contribution in [0.4, 0.5) is 0 Å². The van der Waals surface area contributed by atoms with Gasteiger partial charge in [-0.25, -0.2) is 4.18 Å². The van der Waals surface area contributed by atoms with Gasteiger partial charge >= 0.3 is 5.97 Å². The first-order valence-electron chi connectivity index (χ1n) is 5.03. The summed E-state index contributed by atoms with van der Waals surface area (Å²) >= 11 is 0. The van der Waals surface area contributed by atoms with E-state index < -0.39 is 39.1 Å². The van der Waals surface area contributed by atoms with Gasteiger partial charge in [-0.3, -0.25) is 8.98 Å². The Hall–Kier alpha value is -0.790. The van der Waals surface area contributed by atoms with Crippen LogP contribution < -0.4 is 0 Å². The molecule has 0 rings (SSSR count). The number of rotatable bonds is 7. The van der Waals surface area contributed by atoms with E-state index in [1.165, 1.54) is 0 Å². The molecule has 0 aliphatic rings. The number of hydrogen-bond donors (Lipinski definition) is 2. The number of aliphatic hydroxyl groups excluding tert-OH is 2. The van der Waals surface area contributed by atoms with Crippen LogP contribution in [0.15, 0.2) is 0 Å². The van der Waals surface area contributed by atoms with Crippen LogP contribution >= 0.6 is 0 Å². The van der Waals surface area contributed by atoms with Gasteiger partial charge in [0.05, 0.1) is 25.7 Å². The Morgan fingerprint density at radius 3 is 1.75 bits per heavy atom. The van der Waals surface area contributed by atoms with E-state index in [1.807, 2.05) is 0 Å². The smallest absolute Gasteiger partial charge is 0.305 e. The van der Waals surface area contributed by atoms with Crippen molar-refractivity contribution in [3.63, 3.8) is 0 Å². The molecule has 0 aromatic heterocycles. The average molecular weight is 338 g/mol. The van der Waals surface area contributed by atoms with Crippen LogP contribution in [0.3, 0.4) is 0 Å². The first-order valence-corrected chi connectivity index (χ1v) is 8.66. The molecular weight excluding hydrogens is 320 g/mol. The van der Waals surface area contributed by atoms with Crippen molar-refractivity contribution >= 4 is 26.2 Å². The third-order valence-electron chi connectivity index (χ3n) is 1.10. The summed E-state index contributed by atoms with van der Waals surface area (Å²) in [5.74, 6) is -0.828. The fourth-order valence-corrected chi connectivity index (χ4v) is 1.48. The maximum atomic E-state index is 10.7. The minimum absolute atomic E-state index is 0.125. The van der Waals surface area contributed by atoms with Gasteiger partial charge in [-0.2, -0.15) is 16.8 Å². The van der Waals surface area contributed by atoms with E-state index >= 15 is 0 Å². The van der Waals surface area contributed by atoms with Crippen molar-refractivity contribution in [3.05, 3.63) is 0 Å². The van der Waals surface area contributed by atoms with Crippen LogP contribution in [-0.2, 0) is 38.1 Å². The lowest BCUT2D eigenvalue weighted by Crippen LogP contribution is -2.29. The maximum Gasteiger partial charge on any atom is 0.305 e. The molecule has 1 unspecified atom stereocenters. The largest absolute Gasteiger partial charge is 0.432 e. The molecule has 0 amide bonds. The second kappa shape index (κ2) is 10.0. The van der Waals surface area contributed by atoms with Crippen LogP contribution in [-0.4, -0.2) is 71.6 Å². The highest BCUT2D eigenvalue weighted by Crippen LogP contribution is 2.03. The third-order valence-corrected chi connectivity index (χ3v) is 2.23. The molecule has 1 atom stereocenters. The van der Waals surface area contributed by atoms with Gasteiger partial charge in [0.2, 0.25) is 6.29 Å². The highest BCUT2D eigenvalue weighted by atomic mass is 32.2. The van der Waals surface area contributed by atoms with Gasteiger partial charge in [-0.15, -0.1) is 0 Å². The third kappa shape index (κ3) is 19.5. The molecule has 0 aromatic rings. The van der Waals surface area contributed by atoms with Gasteiger partial charge in [0.15, 0.2) is 0 Å². The predicted octanol–water partition coefficient (Wildman–Crippen LogP) is -2.20. The Kier molecular flexibility index (Phi) is 10.8. The summed E-state index contributed by atoms with van der Waals surface area (Å²) < 4.78 is 55.6. The van der Waals surface area contributed by atoms with Crippen molar-refractivity contribution in [2.24, 2.45) is 0 Å². The minimum Gasteiger partial charge on any atom is -0.432 e. The normalized spacial score (nSPS) is 13.1. The number of aliphatic hydroxyl groups is 2. The van der Waals surface area contributed by atoms with Crippen LogP contribution in [0.1, 0.15) is 6.92 Å². The molecule has 0 saturated carbocycles. The van der Waals surface area contributed by atoms with Crippen molar-refractivity contribution in [3.8, 4) is 0 Å². The van der Waals surface area contributed by atoms with Crippen LogP contribution in [0.25, 0.3) is 0 Å². The zero-order valence-electron chi connectivity index (χ0n) is 11.2. The summed E-state index contributed by atoms with van der Waals surface area (Å²) in [6.07, 6.45) is -0.135. The Morgan fingerprint density at radius 1 is 1.05 bits per heavy atom. The lowest BCUT2D eigenvalue weighted by molar-refractivity contribution is -0.163. The number of hydrogen-bond acceptors (Lipinski definition) is 10. The predicted molar refractivity (Wildman–Crippen MR) is 66.5 cm³/mol. The van der Waals surface area contributed by atoms with E-state index in [2.05, 4.69) is 13.1 Å². The van der Waals surface area contributed by atoms with Crippen LogP contribution in [0.5, 0.6) is 0 Å². The van der Waals surface area contributed by atoms with E-state index in [9.17, 15) is 21.6 Å². The molecule has 122 valence electrons. The van der Waals surface area contributed by atoms with Gasteiger partial charge in [-0.1, -0.05) is 0 Å². The molecule has 0 radical (unpaired) electrons. The van der Waals surface area contributed by atoms with Gasteiger partial charge in [-0.05, 0) is 0 Å². The first kappa shape index (κ1) is 21.5. The zero-order valence-corrected chi connectivity index (χ0v) is 12.8. The first-order chi connectivity index (χ1) is 8.91. The minimum atomic E-state index is -3.89. The van der Waals surface area contributed by atoms with Crippen molar-refractivity contribution < 1.29 is 44.9 Å². The van der Waals surface area contributed by atoms with Crippen molar-refractivity contribution in [2.45, 2.75) is 13.2 Å². The Bertz CT molecular complexity index is 463. The quantitative estimate of drug-likeness (QED) is 0.297. The SMILES string of the molecule is CC(=O)OC(COS(C)(=O)=O)OS(C)(=O)=O.OCCO. The standard InChI is InChI=1S/C6H12O8S2.C2H6O2/c1-5(7)13-6(14-16(3,10)11)4-12-15(2,8)9;3-1-2-4/h6H,4H2,1-3H3;3-4H,1-2H2. The summed E-state index contributed by atoms with van der Waals surface area (Å²) in [6, 6.07) is 0. The topological polar surface area (TPSA) is 153 Å². The molecule has 10 nitrogen and oxygen atoms in total. The molecule has 0 spiro atoms. The molecule has 2 N–H and O–H groups in total. The lowest BCUT2D eigenvalue weighted by atomic mass is 10.7. The highest BCUT2D eigenvalue weighted by Gasteiger charge is 2.20. The van der Waals surface area contributed by atoms with Gasteiger partial charge in [0.25, 0.3) is 20.2 Å². The van der Waals surface area contributed by atoms with Crippen LogP contribution in [0.2, 0.25) is 0 Å². The van der Waals surface area contributed by atoms with Crippen molar-refractivity contribution in [1.82, 2.24) is 0 Å². The van der Waals surface area contributed by atoms with E-state index in [4.69, 9.17) is 10.2 Å². The second-order valence-electron chi connectivity index (χ2n) is 3.28. The second-order valence-corrected chi connectivity index (χ2v) is 6.52. The molecule has 20 heavy (non-hydrogen) atoms. The molecule has 0 heterocycles. The van der Waals surface area contributed by atoms with E-state index in [-0.39, 0.29) is 13.2 Å². The summed E-state index contributed by atoms with van der Waals surface area (Å²) in [4.78, 5) is 10.6. The Morgan fingerprint density at radius 2 is 1.50 bits per heavy atom. The van der Waals surface area contributed by atoms with Crippen molar-refractivity contribution in [2.75, 3.05) is 32.3 Å². The van der Waals surface area contributed by atoms with Gasteiger partial charge in [0.1, 0.15) is 6.61 Å². The molecule has 0 aromatic carbocycles. The molecular formula is C8H18O10S2. The van der Waals surface area contributed by atoms with Crippen molar-refractivity contribution in [1.29, 1.82) is 0 Å². The molecule has 12 heteroatoms. The molecule has 0 aliphatic heterocycles. The maximum absolute atomic E-state index is 10.7. The number of carbonyl (C=O) groups is 1. The molecule has 0 bridgehead atoms. The monoisotopic (exact) mass is 338 g/mol. The fraction of sp³-hybridized carbons (Fsp3) is 0.875. The highest BCUT2D eigenvalue weighted by molar-refractivity contribution is 7.86. The number of esters is 1. The summed E-state index contributed by atoms with van der Waals surface area (Å²) in [7, 11) is -7.67. The van der Waals surface area contributed by atoms with E-state index in [1.54, 1.807) is 0 Å². The Labute approximate surface area is 117 Å². The molecule has 0 fully saturated rings. The molecule has 0 saturated heterocycles. The van der Waals surface area contributed by atoms with E-state index in [0.29, 0.717) is 0 Å². The van der Waals surface area contributed by atoms with Gasteiger partial charge < -0.3 is 14.9 Å². The lowest BCUT2D eigenvalue weighted by Gasteiger charge is -2.14. The number of ether oxygens (including phenoxy) is 1. The molecule has 0 aliphatic carbocycles. The van der Waals surface area contributed by atoms with E-state index in [0.717, 1.165) is 19.4 Å². The summed E-state index contributed by atoms with van der Waals surface area (Å²) in [5, 5.41) is 15.2. The summed E-state index contributed by atoms with van der Waals surface area (Å²) in [5.41, 5.74) is 0. The van der Waals surface area contributed by atoms with Crippen LogP contribution in [0, 0.1) is 0 Å². The fourth-order valence-electron chi connectivity index (χ4n) is 0.641. The average Bonchev–Trinajstić information content (AvgIpc) is 2.22.